The van der Waals surface area contributed by atoms with Gasteiger partial charge in [0.1, 0.15) is 18.2 Å². The molecule has 4 nitrogen and oxygen atoms in total. The van der Waals surface area contributed by atoms with E-state index in [0.717, 1.165) is 53.2 Å². The maximum Gasteiger partial charge on any atom is 0.142 e. The minimum Gasteiger partial charge on any atom is -0.490 e. The number of hydrogen-bond donors (Lipinski definition) is 0. The molecule has 0 spiro atoms. The molecule has 0 radical (unpaired) electrons. The summed E-state index contributed by atoms with van der Waals surface area (Å²) in [4.78, 5) is 2.31. The lowest BCUT2D eigenvalue weighted by Gasteiger charge is -2.18. The van der Waals surface area contributed by atoms with Crippen molar-refractivity contribution < 1.29 is 9.13 Å². The third kappa shape index (κ3) is 3.28. The molecule has 2 aromatic carbocycles. The van der Waals surface area contributed by atoms with E-state index < -0.39 is 0 Å². The normalized spacial score (nSPS) is 14.6. The summed E-state index contributed by atoms with van der Waals surface area (Å²) < 4.78 is 25.9. The summed E-state index contributed by atoms with van der Waals surface area (Å²) in [6.07, 6.45) is 1.94. The lowest BCUT2D eigenvalue weighted by Crippen LogP contribution is -2.25. The Kier molecular flexibility index (Phi) is 4.55. The lowest BCUT2D eigenvalue weighted by molar-refractivity contribution is 0.218. The van der Waals surface area contributed by atoms with E-state index in [-0.39, 0.29) is 5.82 Å². The van der Waals surface area contributed by atoms with Gasteiger partial charge in [-0.05, 0) is 54.0 Å². The Morgan fingerprint density at radius 3 is 2.96 bits per heavy atom. The number of rotatable bonds is 3. The van der Waals surface area contributed by atoms with Gasteiger partial charge in [0.2, 0.25) is 0 Å². The van der Waals surface area contributed by atoms with Gasteiger partial charge in [-0.1, -0.05) is 11.6 Å². The first kappa shape index (κ1) is 17.7. The van der Waals surface area contributed by atoms with Crippen molar-refractivity contribution in [3.63, 3.8) is 0 Å². The van der Waals surface area contributed by atoms with Crippen molar-refractivity contribution in [3.05, 3.63) is 76.1 Å². The quantitative estimate of drug-likeness (QED) is 0.458. The van der Waals surface area contributed by atoms with Gasteiger partial charge in [-0.15, -0.1) is 0 Å². The first-order valence-electron chi connectivity index (χ1n) is 9.01. The number of hydrogen-bond acceptors (Lipinski definition) is 4. The van der Waals surface area contributed by atoms with Crippen LogP contribution in [0, 0.1) is 5.82 Å². The third-order valence-electron chi connectivity index (χ3n) is 4.96. The Balaban J connectivity index is 1.53. The average Bonchev–Trinajstić information content (AvgIpc) is 3.27. The summed E-state index contributed by atoms with van der Waals surface area (Å²) in [5, 5.41) is 3.44. The minimum atomic E-state index is -0.240. The van der Waals surface area contributed by atoms with E-state index in [1.165, 1.54) is 23.7 Å². The largest absolute Gasteiger partial charge is 0.490 e. The molecule has 7 heteroatoms. The van der Waals surface area contributed by atoms with Gasteiger partial charge in [-0.25, -0.2) is 4.39 Å². The van der Waals surface area contributed by atoms with Crippen LogP contribution in [0.5, 0.6) is 5.75 Å². The molecule has 0 fully saturated rings. The molecule has 0 bridgehead atoms. The molecular formula is C21H17ClFN3OS. The van der Waals surface area contributed by atoms with E-state index in [4.69, 9.17) is 16.3 Å². The number of nitrogens with zero attached hydrogens (tertiary/aromatic N) is 3. The van der Waals surface area contributed by atoms with Gasteiger partial charge >= 0.3 is 0 Å². The second-order valence-corrected chi connectivity index (χ2v) is 7.93. The monoisotopic (exact) mass is 413 g/mol. The van der Waals surface area contributed by atoms with Crippen LogP contribution >= 0.6 is 23.1 Å². The molecule has 0 atom stereocenters. The summed E-state index contributed by atoms with van der Waals surface area (Å²) in [6.45, 7) is 2.90. The van der Waals surface area contributed by atoms with Gasteiger partial charge in [0.15, 0.2) is 0 Å². The summed E-state index contributed by atoms with van der Waals surface area (Å²) in [5.41, 5.74) is 3.98. The van der Waals surface area contributed by atoms with Crippen molar-refractivity contribution >= 4 is 34.0 Å². The molecule has 1 aliphatic rings. The Morgan fingerprint density at radius 2 is 2.11 bits per heavy atom. The summed E-state index contributed by atoms with van der Waals surface area (Å²) in [7, 11) is 0. The van der Waals surface area contributed by atoms with Crippen molar-refractivity contribution in [2.75, 3.05) is 13.2 Å². The predicted octanol–water partition coefficient (Wildman–Crippen LogP) is 5.27. The van der Waals surface area contributed by atoms with Crippen molar-refractivity contribution in [1.29, 1.82) is 0 Å². The highest BCUT2D eigenvalue weighted by Crippen LogP contribution is 2.35. The maximum absolute atomic E-state index is 13.5. The Hall–Kier alpha value is -2.41. The van der Waals surface area contributed by atoms with Crippen LogP contribution in [0.2, 0.25) is 5.02 Å². The van der Waals surface area contributed by atoms with Crippen LogP contribution in [0.15, 0.2) is 54.0 Å². The number of aromatic nitrogens is 2. The summed E-state index contributed by atoms with van der Waals surface area (Å²) in [5.74, 6) is 0.505. The Bertz CT molecular complexity index is 1140. The van der Waals surface area contributed by atoms with Crippen LogP contribution in [-0.2, 0) is 13.1 Å². The van der Waals surface area contributed by atoms with E-state index in [1.54, 1.807) is 6.07 Å². The zero-order chi connectivity index (χ0) is 19.1. The number of benzene rings is 2. The van der Waals surface area contributed by atoms with E-state index >= 15 is 0 Å². The number of fused-ring (bicyclic) bond motifs is 2. The summed E-state index contributed by atoms with van der Waals surface area (Å²) >= 11 is 8.04. The molecule has 28 heavy (non-hydrogen) atoms. The van der Waals surface area contributed by atoms with Gasteiger partial charge in [0.05, 0.1) is 16.2 Å². The predicted molar refractivity (Wildman–Crippen MR) is 110 cm³/mol. The smallest absolute Gasteiger partial charge is 0.142 e. The van der Waals surface area contributed by atoms with Crippen molar-refractivity contribution in [1.82, 2.24) is 13.8 Å². The van der Waals surface area contributed by atoms with Crippen LogP contribution in [0.1, 0.15) is 11.3 Å². The van der Waals surface area contributed by atoms with E-state index in [1.807, 2.05) is 34.3 Å². The molecule has 142 valence electrons. The minimum absolute atomic E-state index is 0.240. The van der Waals surface area contributed by atoms with Crippen LogP contribution in [0.4, 0.5) is 4.39 Å². The molecule has 0 aliphatic carbocycles. The van der Waals surface area contributed by atoms with Gasteiger partial charge in [-0.3, -0.25) is 4.90 Å². The van der Waals surface area contributed by atoms with Gasteiger partial charge in [-0.2, -0.15) is 4.37 Å². The topological polar surface area (TPSA) is 30.3 Å². The molecule has 5 rings (SSSR count). The van der Waals surface area contributed by atoms with Gasteiger partial charge in [0.25, 0.3) is 0 Å². The fraction of sp³-hybridized carbons (Fsp3) is 0.190. The van der Waals surface area contributed by atoms with E-state index in [0.29, 0.717) is 11.6 Å². The lowest BCUT2D eigenvalue weighted by atomic mass is 10.1. The third-order valence-corrected chi connectivity index (χ3v) is 5.84. The fourth-order valence-electron chi connectivity index (χ4n) is 3.67. The number of halogens is 2. The molecule has 0 N–H and O–H groups in total. The van der Waals surface area contributed by atoms with Crippen molar-refractivity contribution in [2.24, 2.45) is 0 Å². The first-order chi connectivity index (χ1) is 13.7. The fourth-order valence-corrected chi connectivity index (χ4v) is 4.49. The zero-order valence-electron chi connectivity index (χ0n) is 14.9. The molecule has 0 saturated heterocycles. The molecule has 4 aromatic rings. The highest BCUT2D eigenvalue weighted by molar-refractivity contribution is 7.03. The Labute approximate surface area is 170 Å². The standard InChI is InChI=1S/C21H17ClFN3OS/c22-19-11-18(26-5-3-14-9-16(23)1-2-20(14)26)10-15-12-25(6-7-27-21(15)19)13-17-4-8-28-24-17/h1-5,8-11H,6-7,12-13H2. The van der Waals surface area contributed by atoms with Crippen LogP contribution in [0.25, 0.3) is 16.6 Å². The second kappa shape index (κ2) is 7.20. The molecular weight excluding hydrogens is 397 g/mol. The van der Waals surface area contributed by atoms with Crippen LogP contribution in [-0.4, -0.2) is 27.0 Å². The highest BCUT2D eigenvalue weighted by Gasteiger charge is 2.20. The molecule has 0 amide bonds. The van der Waals surface area contributed by atoms with Gasteiger partial charge < -0.3 is 9.30 Å². The maximum atomic E-state index is 13.5. The highest BCUT2D eigenvalue weighted by atomic mass is 35.5. The SMILES string of the molecule is Fc1ccc2c(ccn2-c2cc(Cl)c3c(c2)CN(Cc2ccsn2)CCO3)c1. The Morgan fingerprint density at radius 1 is 1.18 bits per heavy atom. The van der Waals surface area contributed by atoms with E-state index in [9.17, 15) is 4.39 Å². The first-order valence-corrected chi connectivity index (χ1v) is 10.2. The molecule has 0 saturated carbocycles. The van der Waals surface area contributed by atoms with Crippen LogP contribution in [0.3, 0.4) is 0 Å². The van der Waals surface area contributed by atoms with Crippen molar-refractivity contribution in [2.45, 2.75) is 13.1 Å². The van der Waals surface area contributed by atoms with Gasteiger partial charge in [0, 0.05) is 47.8 Å². The molecule has 0 unspecified atom stereocenters. The zero-order valence-corrected chi connectivity index (χ0v) is 16.5. The second-order valence-electron chi connectivity index (χ2n) is 6.85. The molecule has 2 aromatic heterocycles. The summed E-state index contributed by atoms with van der Waals surface area (Å²) in [6, 6.07) is 12.8. The van der Waals surface area contributed by atoms with Crippen molar-refractivity contribution in [3.8, 4) is 11.4 Å². The molecule has 3 heterocycles. The average molecular weight is 414 g/mol. The molecule has 1 aliphatic heterocycles. The number of ether oxygens (including phenoxy) is 1. The van der Waals surface area contributed by atoms with E-state index in [2.05, 4.69) is 15.3 Å². The van der Waals surface area contributed by atoms with Crippen LogP contribution < -0.4 is 4.74 Å².